The van der Waals surface area contributed by atoms with Crippen LogP contribution in [0.5, 0.6) is 11.5 Å². The summed E-state index contributed by atoms with van der Waals surface area (Å²) in [5.41, 5.74) is 5.87. The van der Waals surface area contributed by atoms with Crippen molar-refractivity contribution in [3.63, 3.8) is 0 Å². The second-order valence-corrected chi connectivity index (χ2v) is 19.4. The maximum Gasteiger partial charge on any atom is 0.407 e. The van der Waals surface area contributed by atoms with E-state index in [1.54, 1.807) is 98.7 Å². The van der Waals surface area contributed by atoms with Gasteiger partial charge >= 0.3 is 24.2 Å². The van der Waals surface area contributed by atoms with Gasteiger partial charge in [-0.1, -0.05) is 12.1 Å². The molecule has 67 heavy (non-hydrogen) atoms. The smallest absolute Gasteiger partial charge is 0.407 e. The molecule has 0 radical (unpaired) electrons. The van der Waals surface area contributed by atoms with E-state index in [-0.39, 0.29) is 57.4 Å². The molecule has 0 spiro atoms. The fourth-order valence-electron chi connectivity index (χ4n) is 6.95. The summed E-state index contributed by atoms with van der Waals surface area (Å²) in [4.78, 5) is 94.6. The van der Waals surface area contributed by atoms with Crippen molar-refractivity contribution in [1.82, 2.24) is 31.5 Å². The van der Waals surface area contributed by atoms with Crippen molar-refractivity contribution < 1.29 is 62.0 Å². The minimum absolute atomic E-state index is 0.00951. The summed E-state index contributed by atoms with van der Waals surface area (Å²) >= 11 is 0. The molecule has 2 aromatic rings. The lowest BCUT2D eigenvalue weighted by atomic mass is 9.93. The van der Waals surface area contributed by atoms with E-state index in [4.69, 9.17) is 34.2 Å². The lowest BCUT2D eigenvalue weighted by Crippen LogP contribution is -2.56. The zero-order valence-electron chi connectivity index (χ0n) is 40.5. The molecule has 0 saturated heterocycles. The number of carbonyl (C=O) groups excluding carboxylic acids is 7. The maximum absolute atomic E-state index is 14.7. The minimum atomic E-state index is -1.39. The third-order valence-electron chi connectivity index (χ3n) is 10.0. The number of nitrogens with two attached hydrogens (primary N) is 1. The number of methoxy groups -OCH3 is 1. The molecule has 2 aliphatic rings. The summed E-state index contributed by atoms with van der Waals surface area (Å²) in [6.45, 7) is 15.6. The summed E-state index contributed by atoms with van der Waals surface area (Å²) in [5.74, 6) is -2.36. The monoisotopic (exact) mass is 939 g/mol. The number of likely N-dealkylation sites (N-methyl/N-ethyl adjacent to an activating group) is 1. The van der Waals surface area contributed by atoms with Crippen molar-refractivity contribution in [2.75, 3.05) is 47.0 Å². The van der Waals surface area contributed by atoms with Crippen LogP contribution >= 0.6 is 0 Å². The van der Waals surface area contributed by atoms with Gasteiger partial charge in [-0.15, -0.1) is 0 Å². The molecule has 0 aromatic heterocycles. The molecule has 1 aliphatic heterocycles. The van der Waals surface area contributed by atoms with Crippen molar-refractivity contribution in [2.24, 2.45) is 11.7 Å². The van der Waals surface area contributed by atoms with Gasteiger partial charge in [0.1, 0.15) is 59.6 Å². The highest BCUT2D eigenvalue weighted by Gasteiger charge is 2.42. The Labute approximate surface area is 392 Å². The zero-order valence-corrected chi connectivity index (χ0v) is 40.5. The average Bonchev–Trinajstić information content (AvgIpc) is 4.06. The Morgan fingerprint density at radius 3 is 1.70 bits per heavy atom. The van der Waals surface area contributed by atoms with Gasteiger partial charge in [-0.3, -0.25) is 14.4 Å². The van der Waals surface area contributed by atoms with Crippen molar-refractivity contribution in [3.8, 4) is 22.6 Å². The van der Waals surface area contributed by atoms with Gasteiger partial charge in [0, 0.05) is 31.1 Å². The van der Waals surface area contributed by atoms with Crippen molar-refractivity contribution >= 4 is 42.0 Å². The molecule has 4 rings (SSSR count). The molecular formula is C47H69N7O13. The standard InChI is InChI=1S/C47H69N7O13/c1-45(2,3)65-42(59)49-19-18-32(48)40(57)54(10)37-29-15-17-35(64-23-21-51-44(61)67-47(7,8)9)31(26-29)30-24-27(12-16-34(30)63-22-20-50-43(60)66-46(4,5)6)25-33(41(58)62-11)52-38(55)36(28-13-14-28)53-39(37)56/h12,15-17,24,26,28,32-33,36-37H,13-14,18-23,25,48H2,1-11H3,(H,49,59)(H,50,60)(H,51,61)(H,52,55)(H,53,56)/t32-,33-,36-,37-/m0/s1. The number of carbonyl (C=O) groups is 7. The van der Waals surface area contributed by atoms with E-state index in [1.807, 2.05) is 0 Å². The van der Waals surface area contributed by atoms with E-state index in [0.29, 0.717) is 40.8 Å². The Morgan fingerprint density at radius 1 is 0.716 bits per heavy atom. The Bertz CT molecular complexity index is 2110. The normalized spacial score (nSPS) is 18.1. The molecule has 6 amide bonds. The van der Waals surface area contributed by atoms with Crippen LogP contribution in [0.1, 0.15) is 98.7 Å². The van der Waals surface area contributed by atoms with Crippen LogP contribution in [0.15, 0.2) is 36.4 Å². The number of nitrogens with one attached hydrogen (secondary N) is 5. The SMILES string of the molecule is COC(=O)[C@@H]1Cc2ccc(OCCNC(=O)OC(C)(C)C)c(c2)-c2cc(ccc2OCCNC(=O)OC(C)(C)C)[C@H](N(C)C(=O)[C@@H](N)CCNC(=O)OC(C)(C)C)C(=O)N[C@@H](C2CC2)C(=O)N1. The highest BCUT2D eigenvalue weighted by molar-refractivity contribution is 5.95. The van der Waals surface area contributed by atoms with Crippen LogP contribution in [0.25, 0.3) is 11.1 Å². The Balaban J connectivity index is 1.83. The summed E-state index contributed by atoms with van der Waals surface area (Å²) in [5, 5.41) is 13.6. The first-order chi connectivity index (χ1) is 31.2. The Kier molecular flexibility index (Phi) is 18.2. The van der Waals surface area contributed by atoms with Crippen LogP contribution in [0, 0.1) is 5.92 Å². The predicted octanol–water partition coefficient (Wildman–Crippen LogP) is 4.01. The Hall–Kier alpha value is -6.31. The molecular weight excluding hydrogens is 871 g/mol. The van der Waals surface area contributed by atoms with E-state index in [2.05, 4.69) is 26.6 Å². The number of ether oxygens (including phenoxy) is 6. The van der Waals surface area contributed by atoms with Crippen molar-refractivity contribution in [2.45, 2.75) is 129 Å². The van der Waals surface area contributed by atoms with Crippen LogP contribution in [0.4, 0.5) is 14.4 Å². The number of fused-ring (bicyclic) bond motifs is 5. The van der Waals surface area contributed by atoms with E-state index in [0.717, 1.165) is 0 Å². The summed E-state index contributed by atoms with van der Waals surface area (Å²) in [7, 11) is 2.62. The number of hydrogen-bond acceptors (Lipinski definition) is 14. The van der Waals surface area contributed by atoms with E-state index < -0.39 is 82.9 Å². The summed E-state index contributed by atoms with van der Waals surface area (Å²) in [6, 6.07) is 5.17. The second-order valence-electron chi connectivity index (χ2n) is 19.4. The van der Waals surface area contributed by atoms with E-state index in [1.165, 1.54) is 19.1 Å². The van der Waals surface area contributed by atoms with Crippen LogP contribution in [-0.4, -0.2) is 129 Å². The molecule has 7 N–H and O–H groups in total. The number of benzene rings is 2. The number of amides is 6. The molecule has 20 heteroatoms. The zero-order chi connectivity index (χ0) is 49.9. The minimum Gasteiger partial charge on any atom is -0.491 e. The predicted molar refractivity (Wildman–Crippen MR) is 246 cm³/mol. The van der Waals surface area contributed by atoms with Crippen LogP contribution < -0.4 is 41.8 Å². The lowest BCUT2D eigenvalue weighted by Gasteiger charge is -2.32. The summed E-state index contributed by atoms with van der Waals surface area (Å²) < 4.78 is 33.7. The molecule has 2 aromatic carbocycles. The number of rotatable bonds is 15. The lowest BCUT2D eigenvalue weighted by molar-refractivity contribution is -0.146. The fraction of sp³-hybridized carbons (Fsp3) is 0.596. The average molecular weight is 940 g/mol. The first-order valence-electron chi connectivity index (χ1n) is 22.4. The van der Waals surface area contributed by atoms with Gasteiger partial charge in [0.2, 0.25) is 17.7 Å². The maximum atomic E-state index is 14.7. The number of nitrogens with zero attached hydrogens (tertiary/aromatic N) is 1. The second kappa shape index (κ2) is 22.9. The van der Waals surface area contributed by atoms with Gasteiger partial charge in [-0.05, 0) is 123 Å². The molecule has 1 saturated carbocycles. The highest BCUT2D eigenvalue weighted by atomic mass is 16.6. The van der Waals surface area contributed by atoms with Crippen molar-refractivity contribution in [1.29, 1.82) is 0 Å². The molecule has 1 heterocycles. The van der Waals surface area contributed by atoms with Crippen molar-refractivity contribution in [3.05, 3.63) is 47.5 Å². The van der Waals surface area contributed by atoms with Crippen LogP contribution in [0.3, 0.4) is 0 Å². The molecule has 4 atom stereocenters. The first kappa shape index (κ1) is 53.3. The number of alkyl carbamates (subject to hydrolysis) is 3. The molecule has 1 fully saturated rings. The molecule has 1 aliphatic carbocycles. The topological polar surface area (TPSA) is 264 Å². The fourth-order valence-corrected chi connectivity index (χ4v) is 6.95. The van der Waals surface area contributed by atoms with Crippen LogP contribution in [0.2, 0.25) is 0 Å². The Morgan fingerprint density at radius 2 is 1.21 bits per heavy atom. The number of esters is 1. The van der Waals surface area contributed by atoms with Gasteiger partial charge in [0.25, 0.3) is 0 Å². The molecule has 4 bridgehead atoms. The van der Waals surface area contributed by atoms with Crippen LogP contribution in [-0.2, 0) is 44.5 Å². The van der Waals surface area contributed by atoms with Gasteiger partial charge in [-0.2, -0.15) is 0 Å². The van der Waals surface area contributed by atoms with Gasteiger partial charge in [0.15, 0.2) is 0 Å². The molecule has 20 nitrogen and oxygen atoms in total. The molecule has 0 unspecified atom stereocenters. The molecule has 370 valence electrons. The quantitative estimate of drug-likeness (QED) is 0.0838. The largest absolute Gasteiger partial charge is 0.491 e. The van der Waals surface area contributed by atoms with Gasteiger partial charge < -0.3 is 65.6 Å². The van der Waals surface area contributed by atoms with E-state index >= 15 is 0 Å². The van der Waals surface area contributed by atoms with Gasteiger partial charge in [-0.25, -0.2) is 19.2 Å². The summed E-state index contributed by atoms with van der Waals surface area (Å²) in [6.07, 6.45) is -0.739. The highest BCUT2D eigenvalue weighted by Crippen LogP contribution is 2.41. The number of hydrogen-bond donors (Lipinski definition) is 6. The first-order valence-corrected chi connectivity index (χ1v) is 22.4. The van der Waals surface area contributed by atoms with Gasteiger partial charge in [0.05, 0.1) is 26.2 Å². The third kappa shape index (κ3) is 17.1. The van der Waals surface area contributed by atoms with E-state index in [9.17, 15) is 33.6 Å². The third-order valence-corrected chi connectivity index (χ3v) is 10.0.